The fourth-order valence-electron chi connectivity index (χ4n) is 2.10. The molecule has 0 fully saturated rings. The van der Waals surface area contributed by atoms with Crippen molar-refractivity contribution >= 4 is 16.6 Å². The zero-order valence-corrected chi connectivity index (χ0v) is 11.9. The lowest BCUT2D eigenvalue weighted by Crippen LogP contribution is -2.20. The Balaban J connectivity index is 1.88. The van der Waals surface area contributed by atoms with Crippen molar-refractivity contribution in [1.82, 2.24) is 15.5 Å². The summed E-state index contributed by atoms with van der Waals surface area (Å²) < 4.78 is 0. The third-order valence-corrected chi connectivity index (χ3v) is 3.23. The van der Waals surface area contributed by atoms with Crippen LogP contribution in [0.2, 0.25) is 0 Å². The van der Waals surface area contributed by atoms with Gasteiger partial charge < -0.3 is 10.6 Å². The highest BCUT2D eigenvalue weighted by molar-refractivity contribution is 5.90. The Labute approximate surface area is 118 Å². The van der Waals surface area contributed by atoms with E-state index in [4.69, 9.17) is 0 Å². The van der Waals surface area contributed by atoms with Crippen molar-refractivity contribution < 1.29 is 0 Å². The maximum Gasteiger partial charge on any atom is 0.272 e. The van der Waals surface area contributed by atoms with Gasteiger partial charge in [-0.2, -0.15) is 5.10 Å². The van der Waals surface area contributed by atoms with Crippen molar-refractivity contribution in [2.75, 3.05) is 25.0 Å². The predicted molar refractivity (Wildman–Crippen MR) is 83.2 cm³/mol. The fraction of sp³-hybridized carbons (Fsp3) is 0.467. The molecule has 0 bridgehead atoms. The summed E-state index contributed by atoms with van der Waals surface area (Å²) in [6.07, 6.45) is 3.47. The molecule has 3 N–H and O–H groups in total. The first kappa shape index (κ1) is 14.5. The summed E-state index contributed by atoms with van der Waals surface area (Å²) in [6, 6.07) is 7.51. The number of unbranched alkanes of at least 4 members (excludes halogenated alkanes) is 1. The quantitative estimate of drug-likeness (QED) is 0.645. The lowest BCUT2D eigenvalue weighted by molar-refractivity contribution is 0.625. The first-order valence-electron chi connectivity index (χ1n) is 7.25. The molecule has 2 aromatic rings. The molecule has 5 nitrogen and oxygen atoms in total. The minimum atomic E-state index is -0.146. The van der Waals surface area contributed by atoms with E-state index in [0.717, 1.165) is 37.3 Å². The number of hydrogen-bond acceptors (Lipinski definition) is 4. The van der Waals surface area contributed by atoms with Crippen molar-refractivity contribution in [3.8, 4) is 0 Å². The molecule has 0 saturated heterocycles. The number of rotatable bonds is 8. The molecule has 0 aliphatic rings. The van der Waals surface area contributed by atoms with Crippen molar-refractivity contribution in [3.63, 3.8) is 0 Å². The number of aromatic nitrogens is 2. The van der Waals surface area contributed by atoms with Gasteiger partial charge in [0.25, 0.3) is 5.56 Å². The van der Waals surface area contributed by atoms with E-state index in [-0.39, 0.29) is 5.56 Å². The molecular formula is C15H22N4O. The smallest absolute Gasteiger partial charge is 0.272 e. The van der Waals surface area contributed by atoms with Crippen LogP contribution in [0.15, 0.2) is 29.1 Å². The number of hydrogen-bond donors (Lipinski definition) is 3. The number of fused-ring (bicyclic) bond motifs is 1. The molecule has 0 saturated carbocycles. The largest absolute Gasteiger partial charge is 0.368 e. The summed E-state index contributed by atoms with van der Waals surface area (Å²) in [5, 5.41) is 14.8. The van der Waals surface area contributed by atoms with Crippen LogP contribution < -0.4 is 16.2 Å². The molecule has 0 unspecified atom stereocenters. The molecule has 20 heavy (non-hydrogen) atoms. The Bertz CT molecular complexity index is 594. The first-order chi connectivity index (χ1) is 9.83. The maximum absolute atomic E-state index is 11.7. The summed E-state index contributed by atoms with van der Waals surface area (Å²) in [5.74, 6) is 0.744. The molecule has 0 atom stereocenters. The molecule has 108 valence electrons. The zero-order valence-electron chi connectivity index (χ0n) is 11.9. The average molecular weight is 274 g/mol. The second-order valence-corrected chi connectivity index (χ2v) is 4.83. The minimum absolute atomic E-state index is 0.146. The van der Waals surface area contributed by atoms with E-state index >= 15 is 0 Å². The van der Waals surface area contributed by atoms with Gasteiger partial charge in [0.05, 0.1) is 5.39 Å². The van der Waals surface area contributed by atoms with Gasteiger partial charge in [-0.3, -0.25) is 4.79 Å². The molecule has 0 amide bonds. The Hall–Kier alpha value is -1.88. The molecule has 0 radical (unpaired) electrons. The van der Waals surface area contributed by atoms with E-state index in [1.54, 1.807) is 0 Å². The second-order valence-electron chi connectivity index (χ2n) is 4.83. The SMILES string of the molecule is CCCCNCCCNc1n[nH]c(=O)c2ccccc12. The Kier molecular flexibility index (Phi) is 5.55. The summed E-state index contributed by atoms with van der Waals surface area (Å²) in [7, 11) is 0. The van der Waals surface area contributed by atoms with E-state index in [1.165, 1.54) is 12.8 Å². The molecule has 1 aromatic carbocycles. The van der Waals surface area contributed by atoms with E-state index in [2.05, 4.69) is 27.8 Å². The molecule has 1 heterocycles. The topological polar surface area (TPSA) is 69.8 Å². The van der Waals surface area contributed by atoms with Crippen LogP contribution in [0.5, 0.6) is 0 Å². The monoisotopic (exact) mass is 274 g/mol. The number of benzene rings is 1. The van der Waals surface area contributed by atoms with Crippen LogP contribution in [0.4, 0.5) is 5.82 Å². The van der Waals surface area contributed by atoms with Crippen LogP contribution in [0.3, 0.4) is 0 Å². The summed E-state index contributed by atoms with van der Waals surface area (Å²) in [6.45, 7) is 5.10. The number of anilines is 1. The summed E-state index contributed by atoms with van der Waals surface area (Å²) in [5.41, 5.74) is -0.146. The highest BCUT2D eigenvalue weighted by Gasteiger charge is 2.04. The van der Waals surface area contributed by atoms with Crippen LogP contribution >= 0.6 is 0 Å². The van der Waals surface area contributed by atoms with Crippen LogP contribution in [-0.4, -0.2) is 29.8 Å². The van der Waals surface area contributed by atoms with Gasteiger partial charge in [-0.25, -0.2) is 5.10 Å². The number of aromatic amines is 1. The van der Waals surface area contributed by atoms with E-state index in [9.17, 15) is 4.79 Å². The van der Waals surface area contributed by atoms with Crippen molar-refractivity contribution in [3.05, 3.63) is 34.6 Å². The van der Waals surface area contributed by atoms with Crippen molar-refractivity contribution in [2.45, 2.75) is 26.2 Å². The first-order valence-corrected chi connectivity index (χ1v) is 7.25. The second kappa shape index (κ2) is 7.65. The number of nitrogens with zero attached hydrogens (tertiary/aromatic N) is 1. The van der Waals surface area contributed by atoms with Crippen LogP contribution in [-0.2, 0) is 0 Å². The van der Waals surface area contributed by atoms with Gasteiger partial charge in [0, 0.05) is 11.9 Å². The highest BCUT2D eigenvalue weighted by Crippen LogP contribution is 2.16. The zero-order chi connectivity index (χ0) is 14.2. The molecule has 1 aromatic heterocycles. The van der Waals surface area contributed by atoms with Gasteiger partial charge in [0.15, 0.2) is 5.82 Å². The molecule has 0 spiro atoms. The predicted octanol–water partition coefficient (Wildman–Crippen LogP) is 2.11. The standard InChI is InChI=1S/C15H22N4O/c1-2-3-9-16-10-6-11-17-14-12-7-4-5-8-13(12)15(20)19-18-14/h4-5,7-8,16H,2-3,6,9-11H2,1H3,(H,17,18)(H,19,20). The van der Waals surface area contributed by atoms with Gasteiger partial charge in [-0.1, -0.05) is 31.5 Å². The maximum atomic E-state index is 11.7. The number of H-pyrrole nitrogens is 1. The van der Waals surface area contributed by atoms with Gasteiger partial charge in [0.1, 0.15) is 0 Å². The molecular weight excluding hydrogens is 252 g/mol. The molecule has 2 rings (SSSR count). The third kappa shape index (κ3) is 3.81. The van der Waals surface area contributed by atoms with Crippen LogP contribution in [0, 0.1) is 0 Å². The normalized spacial score (nSPS) is 10.8. The van der Waals surface area contributed by atoms with Crippen molar-refractivity contribution in [1.29, 1.82) is 0 Å². The van der Waals surface area contributed by atoms with Crippen LogP contribution in [0.25, 0.3) is 10.8 Å². The lowest BCUT2D eigenvalue weighted by atomic mass is 10.2. The molecule has 0 aliphatic carbocycles. The Morgan fingerprint density at radius 3 is 2.65 bits per heavy atom. The molecule has 0 aliphatic heterocycles. The van der Waals surface area contributed by atoms with E-state index in [0.29, 0.717) is 5.39 Å². The molecule has 5 heteroatoms. The lowest BCUT2D eigenvalue weighted by Gasteiger charge is -2.08. The van der Waals surface area contributed by atoms with Gasteiger partial charge in [-0.15, -0.1) is 0 Å². The number of nitrogens with one attached hydrogen (secondary N) is 3. The van der Waals surface area contributed by atoms with E-state index < -0.39 is 0 Å². The minimum Gasteiger partial charge on any atom is -0.368 e. The average Bonchev–Trinajstić information content (AvgIpc) is 2.49. The van der Waals surface area contributed by atoms with Gasteiger partial charge >= 0.3 is 0 Å². The summed E-state index contributed by atoms with van der Waals surface area (Å²) >= 11 is 0. The Morgan fingerprint density at radius 1 is 1.10 bits per heavy atom. The van der Waals surface area contributed by atoms with Gasteiger partial charge in [0.2, 0.25) is 0 Å². The Morgan fingerprint density at radius 2 is 1.85 bits per heavy atom. The third-order valence-electron chi connectivity index (χ3n) is 3.23. The van der Waals surface area contributed by atoms with E-state index in [1.807, 2.05) is 24.3 Å². The summed E-state index contributed by atoms with van der Waals surface area (Å²) in [4.78, 5) is 11.7. The fourth-order valence-corrected chi connectivity index (χ4v) is 2.10. The van der Waals surface area contributed by atoms with Gasteiger partial charge in [-0.05, 0) is 32.0 Å². The highest BCUT2D eigenvalue weighted by atomic mass is 16.1. The van der Waals surface area contributed by atoms with Crippen LogP contribution in [0.1, 0.15) is 26.2 Å². The van der Waals surface area contributed by atoms with Crippen molar-refractivity contribution in [2.24, 2.45) is 0 Å².